The summed E-state index contributed by atoms with van der Waals surface area (Å²) in [6.45, 7) is 7.55. The monoisotopic (exact) mass is 183 g/mol. The van der Waals surface area contributed by atoms with Crippen LogP contribution in [0.15, 0.2) is 0 Å². The molecule has 5 heteroatoms. The van der Waals surface area contributed by atoms with Crippen molar-refractivity contribution in [3.05, 3.63) is 5.82 Å². The van der Waals surface area contributed by atoms with E-state index in [1.165, 1.54) is 0 Å². The molecule has 0 atom stereocenters. The maximum Gasteiger partial charge on any atom is 0.222 e. The fraction of sp³-hybridized carbons (Fsp3) is 0.750. The first kappa shape index (κ1) is 9.98. The highest BCUT2D eigenvalue weighted by Crippen LogP contribution is 2.18. The maximum atomic E-state index is 5.34. The molecule has 0 aliphatic carbocycles. The van der Waals surface area contributed by atoms with Gasteiger partial charge in [0.1, 0.15) is 5.82 Å². The molecule has 0 unspecified atom stereocenters. The topological polar surface area (TPSA) is 79.6 Å². The summed E-state index contributed by atoms with van der Waals surface area (Å²) < 4.78 is 0. The fourth-order valence-electron chi connectivity index (χ4n) is 0.870. The minimum atomic E-state index is 0.00957. The van der Waals surface area contributed by atoms with Crippen LogP contribution in [0.2, 0.25) is 0 Å². The van der Waals surface area contributed by atoms with E-state index in [2.05, 4.69) is 41.3 Å². The normalized spacial score (nSPS) is 11.7. The number of aromatic amines is 1. The van der Waals surface area contributed by atoms with Crippen LogP contribution in [0.25, 0.3) is 0 Å². The number of hydrogen-bond donors (Lipinski definition) is 3. The van der Waals surface area contributed by atoms with Crippen molar-refractivity contribution in [1.82, 2.24) is 15.2 Å². The quantitative estimate of drug-likeness (QED) is 0.636. The van der Waals surface area contributed by atoms with Gasteiger partial charge in [-0.25, -0.2) is 0 Å². The second-order valence-electron chi connectivity index (χ2n) is 3.99. The molecule has 4 N–H and O–H groups in total. The highest BCUT2D eigenvalue weighted by Gasteiger charge is 2.18. The molecule has 1 aromatic heterocycles. The third-order valence-corrected chi connectivity index (χ3v) is 1.63. The smallest absolute Gasteiger partial charge is 0.222 e. The van der Waals surface area contributed by atoms with E-state index in [1.807, 2.05) is 0 Å². The lowest BCUT2D eigenvalue weighted by Gasteiger charge is -2.12. The Balaban J connectivity index is 2.64. The van der Waals surface area contributed by atoms with E-state index < -0.39 is 0 Å². The molecule has 0 amide bonds. The highest BCUT2D eigenvalue weighted by atomic mass is 15.3. The molecule has 74 valence electrons. The number of rotatable bonds is 3. The third kappa shape index (κ3) is 2.69. The summed E-state index contributed by atoms with van der Waals surface area (Å²) in [6.07, 6.45) is 0. The van der Waals surface area contributed by atoms with Crippen molar-refractivity contribution in [3.63, 3.8) is 0 Å². The minimum Gasteiger partial charge on any atom is -0.353 e. The third-order valence-electron chi connectivity index (χ3n) is 1.63. The Labute approximate surface area is 78.1 Å². The Morgan fingerprint density at radius 1 is 1.38 bits per heavy atom. The lowest BCUT2D eigenvalue weighted by atomic mass is 9.96. The summed E-state index contributed by atoms with van der Waals surface area (Å²) in [6, 6.07) is 0. The predicted molar refractivity (Wildman–Crippen MR) is 52.6 cm³/mol. The van der Waals surface area contributed by atoms with Crippen molar-refractivity contribution in [2.24, 2.45) is 5.73 Å². The average Bonchev–Trinajstić information content (AvgIpc) is 2.47. The average molecular weight is 183 g/mol. The molecule has 0 fully saturated rings. The van der Waals surface area contributed by atoms with E-state index in [4.69, 9.17) is 5.73 Å². The fourth-order valence-corrected chi connectivity index (χ4v) is 0.870. The molecule has 0 bridgehead atoms. The maximum absolute atomic E-state index is 5.34. The molecule has 1 rings (SSSR count). The van der Waals surface area contributed by atoms with Gasteiger partial charge >= 0.3 is 0 Å². The Bertz CT molecular complexity index is 260. The van der Waals surface area contributed by atoms with Crippen molar-refractivity contribution < 1.29 is 0 Å². The second kappa shape index (κ2) is 3.74. The first-order valence-electron chi connectivity index (χ1n) is 4.41. The van der Waals surface area contributed by atoms with E-state index in [1.54, 1.807) is 0 Å². The van der Waals surface area contributed by atoms with Gasteiger partial charge in [0.2, 0.25) is 5.95 Å². The molecule has 1 aromatic rings. The largest absolute Gasteiger partial charge is 0.353 e. The van der Waals surface area contributed by atoms with Crippen molar-refractivity contribution in [2.45, 2.75) is 26.2 Å². The Morgan fingerprint density at radius 2 is 2.08 bits per heavy atom. The number of anilines is 1. The molecule has 0 saturated heterocycles. The van der Waals surface area contributed by atoms with E-state index >= 15 is 0 Å². The number of hydrogen-bond acceptors (Lipinski definition) is 4. The molecule has 0 radical (unpaired) electrons. The predicted octanol–water partition coefficient (Wildman–Crippen LogP) is 0.473. The second-order valence-corrected chi connectivity index (χ2v) is 3.99. The van der Waals surface area contributed by atoms with Crippen molar-refractivity contribution in [1.29, 1.82) is 0 Å². The lowest BCUT2D eigenvalue weighted by molar-refractivity contribution is 0.548. The van der Waals surface area contributed by atoms with Crippen molar-refractivity contribution in [2.75, 3.05) is 18.4 Å². The van der Waals surface area contributed by atoms with Crippen molar-refractivity contribution >= 4 is 5.95 Å². The summed E-state index contributed by atoms with van der Waals surface area (Å²) >= 11 is 0. The molecule has 0 aliphatic rings. The molecule has 13 heavy (non-hydrogen) atoms. The number of nitrogens with two attached hydrogens (primary N) is 1. The van der Waals surface area contributed by atoms with Gasteiger partial charge in [0, 0.05) is 18.5 Å². The SMILES string of the molecule is CC(C)(C)c1nnc(NCCN)[nH]1. The zero-order chi connectivity index (χ0) is 9.90. The van der Waals surface area contributed by atoms with Gasteiger partial charge in [-0.1, -0.05) is 20.8 Å². The van der Waals surface area contributed by atoms with E-state index in [0.717, 1.165) is 5.82 Å². The van der Waals surface area contributed by atoms with Crippen LogP contribution in [0.1, 0.15) is 26.6 Å². The minimum absolute atomic E-state index is 0.00957. The summed E-state index contributed by atoms with van der Waals surface area (Å²) in [7, 11) is 0. The Hall–Kier alpha value is -1.10. The number of H-pyrrole nitrogens is 1. The van der Waals surface area contributed by atoms with Crippen LogP contribution in [0.3, 0.4) is 0 Å². The van der Waals surface area contributed by atoms with Crippen molar-refractivity contribution in [3.8, 4) is 0 Å². The molecule has 0 spiro atoms. The van der Waals surface area contributed by atoms with Gasteiger partial charge in [-0.2, -0.15) is 0 Å². The van der Waals surface area contributed by atoms with Gasteiger partial charge in [-0.05, 0) is 0 Å². The van der Waals surface area contributed by atoms with Gasteiger partial charge in [-0.3, -0.25) is 0 Å². The van der Waals surface area contributed by atoms with E-state index in [9.17, 15) is 0 Å². The van der Waals surface area contributed by atoms with Crippen LogP contribution in [0.5, 0.6) is 0 Å². The summed E-state index contributed by atoms with van der Waals surface area (Å²) in [5.41, 5.74) is 5.35. The van der Waals surface area contributed by atoms with Crippen LogP contribution >= 0.6 is 0 Å². The zero-order valence-electron chi connectivity index (χ0n) is 8.39. The van der Waals surface area contributed by atoms with Gasteiger partial charge < -0.3 is 16.0 Å². The van der Waals surface area contributed by atoms with Gasteiger partial charge in [0.15, 0.2) is 0 Å². The number of aromatic nitrogens is 3. The molecule has 0 saturated carbocycles. The number of nitrogens with zero attached hydrogens (tertiary/aromatic N) is 2. The molecular weight excluding hydrogens is 166 g/mol. The van der Waals surface area contributed by atoms with Crippen LogP contribution in [-0.4, -0.2) is 28.3 Å². The van der Waals surface area contributed by atoms with Crippen LogP contribution in [-0.2, 0) is 5.41 Å². The van der Waals surface area contributed by atoms with Crippen LogP contribution < -0.4 is 11.1 Å². The van der Waals surface area contributed by atoms with Gasteiger partial charge in [0.25, 0.3) is 0 Å². The molecular formula is C8H17N5. The summed E-state index contributed by atoms with van der Waals surface area (Å²) in [4.78, 5) is 3.10. The Kier molecular flexibility index (Phi) is 2.87. The molecule has 1 heterocycles. The van der Waals surface area contributed by atoms with Gasteiger partial charge in [-0.15, -0.1) is 10.2 Å². The highest BCUT2D eigenvalue weighted by molar-refractivity contribution is 5.24. The lowest BCUT2D eigenvalue weighted by Crippen LogP contribution is -2.15. The number of nitrogens with one attached hydrogen (secondary N) is 2. The van der Waals surface area contributed by atoms with Crippen LogP contribution in [0, 0.1) is 0 Å². The molecule has 0 aromatic carbocycles. The standard InChI is InChI=1S/C8H17N5/c1-8(2,3)6-11-7(13-12-6)10-5-4-9/h4-5,9H2,1-3H3,(H2,10,11,12,13). The summed E-state index contributed by atoms with van der Waals surface area (Å²) in [5, 5.41) is 11.0. The summed E-state index contributed by atoms with van der Waals surface area (Å²) in [5.74, 6) is 1.57. The zero-order valence-corrected chi connectivity index (χ0v) is 8.39. The first-order chi connectivity index (χ1) is 6.04. The molecule has 0 aliphatic heterocycles. The molecule has 5 nitrogen and oxygen atoms in total. The first-order valence-corrected chi connectivity index (χ1v) is 4.41. The van der Waals surface area contributed by atoms with E-state index in [-0.39, 0.29) is 5.41 Å². The van der Waals surface area contributed by atoms with Crippen LogP contribution in [0.4, 0.5) is 5.95 Å². The Morgan fingerprint density at radius 3 is 2.54 bits per heavy atom. The van der Waals surface area contributed by atoms with E-state index in [0.29, 0.717) is 19.0 Å². The van der Waals surface area contributed by atoms with Gasteiger partial charge in [0.05, 0.1) is 0 Å².